The summed E-state index contributed by atoms with van der Waals surface area (Å²) in [7, 11) is 0. The van der Waals surface area contributed by atoms with Crippen LogP contribution in [-0.4, -0.2) is 23.0 Å². The van der Waals surface area contributed by atoms with Crippen molar-refractivity contribution in [2.75, 3.05) is 0 Å². The van der Waals surface area contributed by atoms with Gasteiger partial charge in [-0.2, -0.15) is 10.3 Å². The molecule has 1 aromatic rings. The number of aromatic carboxylic acids is 1. The lowest BCUT2D eigenvalue weighted by atomic mass is 10.1. The molecule has 0 amide bonds. The molecule has 1 aromatic carbocycles. The van der Waals surface area contributed by atoms with Gasteiger partial charge in [-0.05, 0) is 18.2 Å². The maximum atomic E-state index is 10.9. The molecule has 1 rings (SSSR count). The van der Waals surface area contributed by atoms with E-state index >= 15 is 0 Å². The number of rotatable bonds is 2. The van der Waals surface area contributed by atoms with Gasteiger partial charge in [0.2, 0.25) is 5.96 Å². The van der Waals surface area contributed by atoms with E-state index in [0.717, 1.165) is 0 Å². The van der Waals surface area contributed by atoms with Gasteiger partial charge in [0.05, 0.1) is 22.9 Å². The summed E-state index contributed by atoms with van der Waals surface area (Å²) in [5.41, 5.74) is 15.7. The van der Waals surface area contributed by atoms with Crippen LogP contribution < -0.4 is 17.2 Å². The second-order valence-corrected chi connectivity index (χ2v) is 3.16. The van der Waals surface area contributed by atoms with Crippen molar-refractivity contribution in [2.24, 2.45) is 27.2 Å². The van der Waals surface area contributed by atoms with Crippen molar-refractivity contribution in [3.05, 3.63) is 29.3 Å². The minimum Gasteiger partial charge on any atom is -0.478 e. The Labute approximate surface area is 102 Å². The molecule has 0 aliphatic rings. The van der Waals surface area contributed by atoms with Crippen LogP contribution in [0, 0.1) is 11.3 Å². The molecule has 8 heteroatoms. The lowest BCUT2D eigenvalue weighted by Crippen LogP contribution is -2.26. The number of guanidine groups is 2. The molecule has 0 aromatic heterocycles. The summed E-state index contributed by atoms with van der Waals surface area (Å²) in [5, 5.41) is 17.7. The number of benzene rings is 1. The molecule has 0 saturated heterocycles. The summed E-state index contributed by atoms with van der Waals surface area (Å²) in [4.78, 5) is 18.1. The number of aliphatic imine (C=N–C) groups is 2. The summed E-state index contributed by atoms with van der Waals surface area (Å²) in [5.74, 6) is -1.80. The van der Waals surface area contributed by atoms with Gasteiger partial charge in [-0.15, -0.1) is 0 Å². The highest BCUT2D eigenvalue weighted by molar-refractivity contribution is 5.98. The first kappa shape index (κ1) is 13.0. The number of hydrogen-bond donors (Lipinski definition) is 4. The fourth-order valence-electron chi connectivity index (χ4n) is 1.16. The van der Waals surface area contributed by atoms with Gasteiger partial charge in [-0.3, -0.25) is 0 Å². The highest BCUT2D eigenvalue weighted by Gasteiger charge is 2.10. The van der Waals surface area contributed by atoms with Gasteiger partial charge in [-0.1, -0.05) is 0 Å². The van der Waals surface area contributed by atoms with Crippen molar-refractivity contribution in [2.45, 2.75) is 0 Å². The predicted octanol–water partition coefficient (Wildman–Crippen LogP) is -0.524. The number of nitrogens with two attached hydrogens (primary N) is 3. The first-order chi connectivity index (χ1) is 8.43. The summed E-state index contributed by atoms with van der Waals surface area (Å²) < 4.78 is 0. The van der Waals surface area contributed by atoms with Crippen molar-refractivity contribution in [3.8, 4) is 6.07 Å². The molecule has 0 bridgehead atoms. The van der Waals surface area contributed by atoms with Gasteiger partial charge >= 0.3 is 5.97 Å². The van der Waals surface area contributed by atoms with Crippen LogP contribution in [0.3, 0.4) is 0 Å². The van der Waals surface area contributed by atoms with Gasteiger partial charge in [0, 0.05) is 0 Å². The van der Waals surface area contributed by atoms with E-state index in [2.05, 4.69) is 9.98 Å². The Morgan fingerprint density at radius 2 is 2.00 bits per heavy atom. The second-order valence-electron chi connectivity index (χ2n) is 3.16. The van der Waals surface area contributed by atoms with Gasteiger partial charge in [-0.25, -0.2) is 9.79 Å². The number of nitrogens with zero attached hydrogens (tertiary/aromatic N) is 3. The minimum absolute atomic E-state index is 0.00375. The van der Waals surface area contributed by atoms with Gasteiger partial charge in [0.25, 0.3) is 0 Å². The van der Waals surface area contributed by atoms with Crippen LogP contribution in [0.4, 0.5) is 5.69 Å². The van der Waals surface area contributed by atoms with Crippen LogP contribution >= 0.6 is 0 Å². The molecule has 0 unspecified atom stereocenters. The van der Waals surface area contributed by atoms with E-state index in [1.54, 1.807) is 0 Å². The number of hydrogen-bond acceptors (Lipinski definition) is 3. The molecule has 0 aliphatic carbocycles. The zero-order valence-electron chi connectivity index (χ0n) is 9.16. The molecule has 18 heavy (non-hydrogen) atoms. The summed E-state index contributed by atoms with van der Waals surface area (Å²) >= 11 is 0. The highest BCUT2D eigenvalue weighted by atomic mass is 16.4. The van der Waals surface area contributed by atoms with Crippen LogP contribution in [0.2, 0.25) is 0 Å². The third kappa shape index (κ3) is 3.21. The standard InChI is InChI=1S/C10H10N6O2/c11-4-5-1-2-6(8(17)18)7(3-5)15-10(14)16-9(12)13/h1-3H,(H,17,18)(H6,12,13,14,15,16). The quantitative estimate of drug-likeness (QED) is 0.404. The van der Waals surface area contributed by atoms with Gasteiger partial charge < -0.3 is 22.3 Å². The highest BCUT2D eigenvalue weighted by Crippen LogP contribution is 2.21. The number of nitriles is 1. The van der Waals surface area contributed by atoms with Crippen LogP contribution in [-0.2, 0) is 0 Å². The van der Waals surface area contributed by atoms with Crippen molar-refractivity contribution in [1.82, 2.24) is 0 Å². The molecule has 0 saturated carbocycles. The van der Waals surface area contributed by atoms with Gasteiger partial charge in [0.1, 0.15) is 0 Å². The van der Waals surface area contributed by atoms with E-state index in [0.29, 0.717) is 0 Å². The first-order valence-corrected chi connectivity index (χ1v) is 4.65. The molecule has 0 aliphatic heterocycles. The fraction of sp³-hybridized carbons (Fsp3) is 0. The molecular weight excluding hydrogens is 236 g/mol. The number of carboxylic acid groups (broad SMARTS) is 1. The Morgan fingerprint density at radius 1 is 1.33 bits per heavy atom. The lowest BCUT2D eigenvalue weighted by Gasteiger charge is -2.01. The van der Waals surface area contributed by atoms with E-state index in [4.69, 9.17) is 27.6 Å². The smallest absolute Gasteiger partial charge is 0.337 e. The molecule has 0 fully saturated rings. The second kappa shape index (κ2) is 5.31. The van der Waals surface area contributed by atoms with E-state index < -0.39 is 5.97 Å². The summed E-state index contributed by atoms with van der Waals surface area (Å²) in [6, 6.07) is 5.75. The average Bonchev–Trinajstić information content (AvgIpc) is 2.27. The SMILES string of the molecule is N#Cc1ccc(C(=O)O)c(N=C(N)N=C(N)N)c1. The van der Waals surface area contributed by atoms with Crippen molar-refractivity contribution < 1.29 is 9.90 Å². The van der Waals surface area contributed by atoms with Crippen LogP contribution in [0.25, 0.3) is 0 Å². The van der Waals surface area contributed by atoms with Crippen molar-refractivity contribution in [1.29, 1.82) is 5.26 Å². The minimum atomic E-state index is -1.20. The Kier molecular flexibility index (Phi) is 3.83. The van der Waals surface area contributed by atoms with Crippen molar-refractivity contribution in [3.63, 3.8) is 0 Å². The molecule has 92 valence electrons. The molecule has 0 heterocycles. The summed E-state index contributed by atoms with van der Waals surface area (Å²) in [6.07, 6.45) is 0. The maximum absolute atomic E-state index is 10.9. The maximum Gasteiger partial charge on any atom is 0.337 e. The molecule has 8 nitrogen and oxygen atoms in total. The molecule has 0 radical (unpaired) electrons. The first-order valence-electron chi connectivity index (χ1n) is 4.65. The summed E-state index contributed by atoms with van der Waals surface area (Å²) in [6.45, 7) is 0. The third-order valence-electron chi connectivity index (χ3n) is 1.84. The third-order valence-corrected chi connectivity index (χ3v) is 1.84. The Bertz CT molecular complexity index is 581. The van der Waals surface area contributed by atoms with Crippen LogP contribution in [0.5, 0.6) is 0 Å². The van der Waals surface area contributed by atoms with Gasteiger partial charge in [0.15, 0.2) is 5.96 Å². The largest absolute Gasteiger partial charge is 0.478 e. The number of carbonyl (C=O) groups is 1. The van der Waals surface area contributed by atoms with E-state index in [-0.39, 0.29) is 28.7 Å². The Balaban J connectivity index is 3.33. The number of carboxylic acids is 1. The van der Waals surface area contributed by atoms with Crippen molar-refractivity contribution >= 4 is 23.6 Å². The van der Waals surface area contributed by atoms with E-state index in [1.807, 2.05) is 6.07 Å². The normalized spacial score (nSPS) is 10.5. The fourth-order valence-corrected chi connectivity index (χ4v) is 1.16. The molecule has 7 N–H and O–H groups in total. The Morgan fingerprint density at radius 3 is 2.50 bits per heavy atom. The monoisotopic (exact) mass is 246 g/mol. The zero-order valence-corrected chi connectivity index (χ0v) is 9.16. The average molecular weight is 246 g/mol. The predicted molar refractivity (Wildman–Crippen MR) is 65.2 cm³/mol. The Hall–Kier alpha value is -3.08. The lowest BCUT2D eigenvalue weighted by molar-refractivity contribution is 0.0698. The molecule has 0 atom stereocenters. The van der Waals surface area contributed by atoms with Crippen LogP contribution in [0.15, 0.2) is 28.2 Å². The van der Waals surface area contributed by atoms with Crippen LogP contribution in [0.1, 0.15) is 15.9 Å². The zero-order chi connectivity index (χ0) is 13.7. The molecular formula is C10H10N6O2. The topological polar surface area (TPSA) is 164 Å². The molecule has 0 spiro atoms. The van der Waals surface area contributed by atoms with E-state index in [9.17, 15) is 4.79 Å². The van der Waals surface area contributed by atoms with E-state index in [1.165, 1.54) is 18.2 Å².